The van der Waals surface area contributed by atoms with Gasteiger partial charge in [-0.3, -0.25) is 0 Å². The number of nitrogens with two attached hydrogens (primary N) is 1. The second kappa shape index (κ2) is 4.38. The van der Waals surface area contributed by atoms with E-state index < -0.39 is 0 Å². The molecule has 1 aromatic rings. The van der Waals surface area contributed by atoms with Crippen LogP contribution in [0.25, 0.3) is 0 Å². The average molecular weight is 238 g/mol. The van der Waals surface area contributed by atoms with Crippen LogP contribution in [0.1, 0.15) is 43.7 Å². The monoisotopic (exact) mass is 237 g/mol. The molecule has 0 heterocycles. The minimum absolute atomic E-state index is 0.158. The van der Waals surface area contributed by atoms with Gasteiger partial charge in [0.25, 0.3) is 0 Å². The fourth-order valence-corrected chi connectivity index (χ4v) is 2.94. The van der Waals surface area contributed by atoms with Crippen molar-refractivity contribution in [2.75, 3.05) is 0 Å². The highest BCUT2D eigenvalue weighted by atomic mass is 35.5. The fourth-order valence-electron chi connectivity index (χ4n) is 2.76. The van der Waals surface area contributed by atoms with Gasteiger partial charge in [0.05, 0.1) is 0 Å². The molecule has 0 aromatic heterocycles. The van der Waals surface area contributed by atoms with Crippen molar-refractivity contribution in [2.45, 2.75) is 45.1 Å². The molecule has 1 fully saturated rings. The lowest BCUT2D eigenvalue weighted by Crippen LogP contribution is -2.40. The number of aryl methyl sites for hydroxylation is 1. The van der Waals surface area contributed by atoms with E-state index in [2.05, 4.69) is 25.1 Å². The SMILES string of the molecule is Cc1ccc(C2(N)CCCC(C)C2)cc1Cl. The average Bonchev–Trinajstić information content (AvgIpc) is 2.21. The van der Waals surface area contributed by atoms with E-state index in [9.17, 15) is 0 Å². The van der Waals surface area contributed by atoms with Crippen LogP contribution in [0.2, 0.25) is 5.02 Å². The molecule has 88 valence electrons. The number of hydrogen-bond donors (Lipinski definition) is 1. The molecule has 2 heteroatoms. The van der Waals surface area contributed by atoms with Gasteiger partial charge in [0.15, 0.2) is 0 Å². The van der Waals surface area contributed by atoms with Crippen molar-refractivity contribution < 1.29 is 0 Å². The predicted molar refractivity (Wildman–Crippen MR) is 69.7 cm³/mol. The van der Waals surface area contributed by atoms with Gasteiger partial charge in [0.2, 0.25) is 0 Å². The molecule has 1 nitrogen and oxygen atoms in total. The van der Waals surface area contributed by atoms with Gasteiger partial charge in [0, 0.05) is 10.6 Å². The van der Waals surface area contributed by atoms with E-state index in [1.807, 2.05) is 6.92 Å². The van der Waals surface area contributed by atoms with Crippen LogP contribution in [-0.2, 0) is 5.54 Å². The highest BCUT2D eigenvalue weighted by Crippen LogP contribution is 2.38. The summed E-state index contributed by atoms with van der Waals surface area (Å²) >= 11 is 6.18. The summed E-state index contributed by atoms with van der Waals surface area (Å²) in [6, 6.07) is 6.26. The third kappa shape index (κ3) is 2.26. The molecule has 0 spiro atoms. The first kappa shape index (κ1) is 11.9. The topological polar surface area (TPSA) is 26.0 Å². The molecule has 0 radical (unpaired) electrons. The molecule has 1 saturated carbocycles. The zero-order valence-electron chi connectivity index (χ0n) is 10.1. The van der Waals surface area contributed by atoms with Gasteiger partial charge >= 0.3 is 0 Å². The lowest BCUT2D eigenvalue weighted by molar-refractivity contribution is 0.239. The second-order valence-corrected chi connectivity index (χ2v) is 5.73. The van der Waals surface area contributed by atoms with Crippen LogP contribution >= 0.6 is 11.6 Å². The van der Waals surface area contributed by atoms with Gasteiger partial charge in [0.1, 0.15) is 0 Å². The summed E-state index contributed by atoms with van der Waals surface area (Å²) in [4.78, 5) is 0. The van der Waals surface area contributed by atoms with Crippen molar-refractivity contribution in [3.63, 3.8) is 0 Å². The van der Waals surface area contributed by atoms with Crippen molar-refractivity contribution in [3.8, 4) is 0 Å². The molecule has 1 aliphatic rings. The molecule has 1 aromatic carbocycles. The standard InChI is InChI=1S/C14H20ClN/c1-10-4-3-7-14(16,9-10)12-6-5-11(2)13(15)8-12/h5-6,8,10H,3-4,7,9,16H2,1-2H3. The largest absolute Gasteiger partial charge is 0.321 e. The third-order valence-electron chi connectivity index (χ3n) is 3.78. The normalized spacial score (nSPS) is 30.4. The summed E-state index contributed by atoms with van der Waals surface area (Å²) in [6.45, 7) is 4.31. The van der Waals surface area contributed by atoms with Crippen LogP contribution in [0, 0.1) is 12.8 Å². The summed E-state index contributed by atoms with van der Waals surface area (Å²) < 4.78 is 0. The second-order valence-electron chi connectivity index (χ2n) is 5.32. The lowest BCUT2D eigenvalue weighted by atomic mass is 9.73. The Morgan fingerprint density at radius 1 is 1.44 bits per heavy atom. The molecule has 0 saturated heterocycles. The Balaban J connectivity index is 2.31. The van der Waals surface area contributed by atoms with E-state index in [1.54, 1.807) is 0 Å². The number of benzene rings is 1. The molecule has 0 aliphatic heterocycles. The van der Waals surface area contributed by atoms with Crippen LogP contribution in [0.4, 0.5) is 0 Å². The zero-order valence-corrected chi connectivity index (χ0v) is 10.8. The molecule has 2 rings (SSSR count). The Bertz CT molecular complexity index is 388. The van der Waals surface area contributed by atoms with Gasteiger partial charge in [-0.2, -0.15) is 0 Å². The van der Waals surface area contributed by atoms with Gasteiger partial charge in [-0.05, 0) is 42.9 Å². The maximum atomic E-state index is 6.53. The van der Waals surface area contributed by atoms with Gasteiger partial charge in [-0.1, -0.05) is 43.5 Å². The van der Waals surface area contributed by atoms with Crippen molar-refractivity contribution in [2.24, 2.45) is 11.7 Å². The number of halogens is 1. The molecule has 2 unspecified atom stereocenters. The Hall–Kier alpha value is -0.530. The number of rotatable bonds is 1. The van der Waals surface area contributed by atoms with E-state index in [0.29, 0.717) is 0 Å². The molecule has 16 heavy (non-hydrogen) atoms. The summed E-state index contributed by atoms with van der Waals surface area (Å²) in [5, 5.41) is 0.834. The van der Waals surface area contributed by atoms with E-state index >= 15 is 0 Å². The predicted octanol–water partition coefficient (Wildman–Crippen LogP) is 4.01. The first-order chi connectivity index (χ1) is 7.51. The summed E-state index contributed by atoms with van der Waals surface area (Å²) in [5.74, 6) is 0.721. The first-order valence-electron chi connectivity index (χ1n) is 6.07. The zero-order chi connectivity index (χ0) is 11.8. The first-order valence-corrected chi connectivity index (χ1v) is 6.44. The maximum Gasteiger partial charge on any atom is 0.0438 e. The highest BCUT2D eigenvalue weighted by Gasteiger charge is 2.32. The maximum absolute atomic E-state index is 6.53. The lowest BCUT2D eigenvalue weighted by Gasteiger charge is -2.37. The molecule has 0 amide bonds. The Morgan fingerprint density at radius 2 is 2.19 bits per heavy atom. The Morgan fingerprint density at radius 3 is 2.81 bits per heavy atom. The Kier molecular flexibility index (Phi) is 3.27. The van der Waals surface area contributed by atoms with Crippen molar-refractivity contribution in [1.29, 1.82) is 0 Å². The quantitative estimate of drug-likeness (QED) is 0.785. The molecular weight excluding hydrogens is 218 g/mol. The summed E-state index contributed by atoms with van der Waals surface area (Å²) in [7, 11) is 0. The molecular formula is C14H20ClN. The molecule has 0 bridgehead atoms. The highest BCUT2D eigenvalue weighted by molar-refractivity contribution is 6.31. The summed E-state index contributed by atoms with van der Waals surface area (Å²) in [6.07, 6.45) is 4.69. The van der Waals surface area contributed by atoms with E-state index in [0.717, 1.165) is 29.3 Å². The number of hydrogen-bond acceptors (Lipinski definition) is 1. The third-order valence-corrected chi connectivity index (χ3v) is 4.19. The van der Waals surface area contributed by atoms with Crippen LogP contribution in [0.3, 0.4) is 0 Å². The van der Waals surface area contributed by atoms with E-state index in [-0.39, 0.29) is 5.54 Å². The van der Waals surface area contributed by atoms with Crippen molar-refractivity contribution in [3.05, 3.63) is 34.3 Å². The van der Waals surface area contributed by atoms with Crippen LogP contribution in [-0.4, -0.2) is 0 Å². The fraction of sp³-hybridized carbons (Fsp3) is 0.571. The molecule has 2 atom stereocenters. The van der Waals surface area contributed by atoms with Crippen molar-refractivity contribution >= 4 is 11.6 Å². The van der Waals surface area contributed by atoms with Crippen LogP contribution < -0.4 is 5.73 Å². The van der Waals surface area contributed by atoms with Crippen molar-refractivity contribution in [1.82, 2.24) is 0 Å². The van der Waals surface area contributed by atoms with E-state index in [1.165, 1.54) is 18.4 Å². The van der Waals surface area contributed by atoms with Crippen LogP contribution in [0.5, 0.6) is 0 Å². The molecule has 2 N–H and O–H groups in total. The minimum atomic E-state index is -0.158. The van der Waals surface area contributed by atoms with Gasteiger partial charge in [-0.15, -0.1) is 0 Å². The van der Waals surface area contributed by atoms with E-state index in [4.69, 9.17) is 17.3 Å². The van der Waals surface area contributed by atoms with Gasteiger partial charge in [-0.25, -0.2) is 0 Å². The van der Waals surface area contributed by atoms with Crippen LogP contribution in [0.15, 0.2) is 18.2 Å². The minimum Gasteiger partial charge on any atom is -0.321 e. The molecule has 1 aliphatic carbocycles. The smallest absolute Gasteiger partial charge is 0.0438 e. The van der Waals surface area contributed by atoms with Gasteiger partial charge < -0.3 is 5.73 Å². The Labute approximate surface area is 103 Å². The summed E-state index contributed by atoms with van der Waals surface area (Å²) in [5.41, 5.74) is 8.70.